The molecule has 29 heavy (non-hydrogen) atoms. The van der Waals surface area contributed by atoms with Gasteiger partial charge in [0.2, 0.25) is 0 Å². The molecule has 1 heteroatoms. The van der Waals surface area contributed by atoms with Crippen molar-refractivity contribution in [2.24, 2.45) is 29.6 Å². The maximum Gasteiger partial charge on any atom is 0.00121 e. The van der Waals surface area contributed by atoms with Crippen LogP contribution in [0.3, 0.4) is 0 Å². The lowest BCUT2D eigenvalue weighted by Crippen LogP contribution is -2.34. The van der Waals surface area contributed by atoms with Crippen LogP contribution < -0.4 is 0 Å². The summed E-state index contributed by atoms with van der Waals surface area (Å²) in [5.41, 5.74) is 0. The number of rotatable bonds is 20. The summed E-state index contributed by atoms with van der Waals surface area (Å²) < 4.78 is 0. The second-order valence-electron chi connectivity index (χ2n) is 9.98. The lowest BCUT2D eigenvalue weighted by molar-refractivity contribution is 0.168. The highest BCUT2D eigenvalue weighted by atomic mass is 15.1. The molecular formula is C28H59N. The maximum atomic E-state index is 2.78. The first kappa shape index (κ1) is 29.0. The highest BCUT2D eigenvalue weighted by molar-refractivity contribution is 4.74. The Bertz CT molecular complexity index is 327. The van der Waals surface area contributed by atoms with Crippen molar-refractivity contribution >= 4 is 0 Å². The molecule has 0 N–H and O–H groups in total. The minimum atomic E-state index is 0.876. The molecule has 0 bridgehead atoms. The van der Waals surface area contributed by atoms with Crippen molar-refractivity contribution in [1.82, 2.24) is 4.90 Å². The van der Waals surface area contributed by atoms with Crippen LogP contribution in [0.25, 0.3) is 0 Å². The first-order valence-electron chi connectivity index (χ1n) is 13.7. The molecule has 0 aliphatic heterocycles. The van der Waals surface area contributed by atoms with Crippen LogP contribution in [0.5, 0.6) is 0 Å². The molecule has 0 amide bonds. The summed E-state index contributed by atoms with van der Waals surface area (Å²) in [4.78, 5) is 2.78. The van der Waals surface area contributed by atoms with Crippen LogP contribution >= 0.6 is 0 Å². The fraction of sp³-hybridized carbons (Fsp3) is 1.00. The monoisotopic (exact) mass is 409 g/mol. The summed E-state index contributed by atoms with van der Waals surface area (Å²) in [5.74, 6) is 4.58. The van der Waals surface area contributed by atoms with E-state index in [-0.39, 0.29) is 0 Å². The van der Waals surface area contributed by atoms with Crippen LogP contribution in [0, 0.1) is 29.6 Å². The van der Waals surface area contributed by atoms with Gasteiger partial charge in [-0.05, 0) is 55.5 Å². The van der Waals surface area contributed by atoms with E-state index in [1.807, 2.05) is 0 Å². The van der Waals surface area contributed by atoms with Gasteiger partial charge in [0.25, 0.3) is 0 Å². The summed E-state index contributed by atoms with van der Waals surface area (Å²) in [5, 5.41) is 0. The number of nitrogens with zero attached hydrogens (tertiary/aromatic N) is 1. The van der Waals surface area contributed by atoms with Gasteiger partial charge in [0.15, 0.2) is 0 Å². The molecule has 0 aromatic rings. The zero-order valence-corrected chi connectivity index (χ0v) is 21.9. The Labute approximate surface area is 186 Å². The van der Waals surface area contributed by atoms with Crippen molar-refractivity contribution in [1.29, 1.82) is 0 Å². The lowest BCUT2D eigenvalue weighted by Gasteiger charge is -2.32. The normalized spacial score (nSPS) is 14.5. The Kier molecular flexibility index (Phi) is 18.7. The van der Waals surface area contributed by atoms with Crippen molar-refractivity contribution in [3.05, 3.63) is 0 Å². The molecule has 0 rings (SSSR count). The molecule has 2 atom stereocenters. The molecule has 0 radical (unpaired) electrons. The van der Waals surface area contributed by atoms with Gasteiger partial charge in [0.1, 0.15) is 0 Å². The predicted molar refractivity (Wildman–Crippen MR) is 135 cm³/mol. The molecule has 0 aliphatic rings. The number of hydrogen-bond donors (Lipinski definition) is 0. The summed E-state index contributed by atoms with van der Waals surface area (Å²) >= 11 is 0. The average Bonchev–Trinajstić information content (AvgIpc) is 2.75. The highest BCUT2D eigenvalue weighted by Gasteiger charge is 2.22. The van der Waals surface area contributed by atoms with Crippen molar-refractivity contribution in [3.8, 4) is 0 Å². The average molecular weight is 410 g/mol. The Morgan fingerprint density at radius 3 is 1.52 bits per heavy atom. The van der Waals surface area contributed by atoms with Crippen LogP contribution in [-0.4, -0.2) is 24.5 Å². The molecule has 0 fully saturated rings. The molecule has 0 saturated carbocycles. The van der Waals surface area contributed by atoms with Crippen molar-refractivity contribution in [2.75, 3.05) is 19.6 Å². The van der Waals surface area contributed by atoms with Gasteiger partial charge in [-0.1, -0.05) is 120 Å². The summed E-state index contributed by atoms with van der Waals surface area (Å²) in [7, 11) is 0. The van der Waals surface area contributed by atoms with E-state index in [1.165, 1.54) is 96.7 Å². The second-order valence-corrected chi connectivity index (χ2v) is 9.98. The predicted octanol–water partition coefficient (Wildman–Crippen LogP) is 9.21. The van der Waals surface area contributed by atoms with E-state index in [9.17, 15) is 0 Å². The standard InChI is InChI=1S/C28H59N/c1-9-25(10-2)18-16-17-24(8)28(20-19-26(11-3)12-4)23-29(15-7)22-21-27(13-5)14-6/h24-28H,9-23H2,1-8H3/t24-,28?/m0/s1. The van der Waals surface area contributed by atoms with E-state index in [4.69, 9.17) is 0 Å². The van der Waals surface area contributed by atoms with Gasteiger partial charge in [0.05, 0.1) is 0 Å². The summed E-state index contributed by atoms with van der Waals surface area (Å²) in [6, 6.07) is 0. The van der Waals surface area contributed by atoms with Gasteiger partial charge in [-0.3, -0.25) is 0 Å². The highest BCUT2D eigenvalue weighted by Crippen LogP contribution is 2.29. The van der Waals surface area contributed by atoms with E-state index in [0.29, 0.717) is 0 Å². The summed E-state index contributed by atoms with van der Waals surface area (Å²) in [6.45, 7) is 23.1. The van der Waals surface area contributed by atoms with Crippen molar-refractivity contribution in [3.63, 3.8) is 0 Å². The molecule has 0 aliphatic carbocycles. The first-order valence-corrected chi connectivity index (χ1v) is 13.7. The van der Waals surface area contributed by atoms with E-state index >= 15 is 0 Å². The topological polar surface area (TPSA) is 3.24 Å². The van der Waals surface area contributed by atoms with Gasteiger partial charge >= 0.3 is 0 Å². The van der Waals surface area contributed by atoms with Crippen LogP contribution in [0.15, 0.2) is 0 Å². The third-order valence-electron chi connectivity index (χ3n) is 8.28. The maximum absolute atomic E-state index is 2.78. The second kappa shape index (κ2) is 18.7. The molecule has 1 unspecified atom stereocenters. The molecule has 0 heterocycles. The third kappa shape index (κ3) is 13.1. The zero-order valence-electron chi connectivity index (χ0n) is 21.9. The quantitative estimate of drug-likeness (QED) is 0.194. The number of hydrogen-bond acceptors (Lipinski definition) is 1. The molecular weight excluding hydrogens is 350 g/mol. The molecule has 1 nitrogen and oxygen atoms in total. The smallest absolute Gasteiger partial charge is 0.00121 e. The Balaban J connectivity index is 4.82. The molecule has 176 valence electrons. The first-order chi connectivity index (χ1) is 14.0. The van der Waals surface area contributed by atoms with Crippen molar-refractivity contribution < 1.29 is 0 Å². The molecule has 0 aromatic heterocycles. The summed E-state index contributed by atoms with van der Waals surface area (Å²) in [6.07, 6.45) is 16.7. The fourth-order valence-electron chi connectivity index (χ4n) is 5.14. The molecule has 0 aromatic carbocycles. The largest absolute Gasteiger partial charge is 0.303 e. The van der Waals surface area contributed by atoms with E-state index < -0.39 is 0 Å². The minimum absolute atomic E-state index is 0.876. The van der Waals surface area contributed by atoms with Crippen LogP contribution in [0.2, 0.25) is 0 Å². The van der Waals surface area contributed by atoms with Crippen LogP contribution in [0.1, 0.15) is 132 Å². The molecule has 0 spiro atoms. The zero-order chi connectivity index (χ0) is 22.1. The minimum Gasteiger partial charge on any atom is -0.303 e. The Morgan fingerprint density at radius 2 is 1.03 bits per heavy atom. The fourth-order valence-corrected chi connectivity index (χ4v) is 5.14. The van der Waals surface area contributed by atoms with E-state index in [2.05, 4.69) is 60.3 Å². The van der Waals surface area contributed by atoms with Crippen LogP contribution in [0.4, 0.5) is 0 Å². The van der Waals surface area contributed by atoms with Gasteiger partial charge in [-0.25, -0.2) is 0 Å². The van der Waals surface area contributed by atoms with E-state index in [0.717, 1.165) is 29.6 Å². The third-order valence-corrected chi connectivity index (χ3v) is 8.28. The van der Waals surface area contributed by atoms with Gasteiger partial charge in [-0.2, -0.15) is 0 Å². The van der Waals surface area contributed by atoms with Gasteiger partial charge in [-0.15, -0.1) is 0 Å². The van der Waals surface area contributed by atoms with Gasteiger partial charge in [0, 0.05) is 6.54 Å². The molecule has 0 saturated heterocycles. The SMILES string of the molecule is CCC(CC)CCC[C@H](C)C(CCC(CC)CC)CN(CC)CCC(CC)CC. The lowest BCUT2D eigenvalue weighted by atomic mass is 9.82. The van der Waals surface area contributed by atoms with Crippen molar-refractivity contribution in [2.45, 2.75) is 132 Å². The van der Waals surface area contributed by atoms with E-state index in [1.54, 1.807) is 0 Å². The Morgan fingerprint density at radius 1 is 0.552 bits per heavy atom. The Hall–Kier alpha value is -0.0400. The van der Waals surface area contributed by atoms with Crippen LogP contribution in [-0.2, 0) is 0 Å². The van der Waals surface area contributed by atoms with Gasteiger partial charge < -0.3 is 4.90 Å².